The number of nitrogens with one attached hydrogen (secondary N) is 1. The molecule has 0 aliphatic carbocycles. The standard InChI is InChI=1S/C22H23ClN2O4/c1-13-7-8-17(23)10-18(13)24-19(26)12-29-22(28)16-9-20(27)25(11-16)21-14(2)5-4-6-15(21)3/h4-8,10,16H,9,11-12H2,1-3H3,(H,24,26)/t16-/m1/s1. The fourth-order valence-electron chi connectivity index (χ4n) is 3.48. The van der Waals surface area contributed by atoms with E-state index in [1.807, 2.05) is 39.0 Å². The molecule has 2 amide bonds. The number of ether oxygens (including phenoxy) is 1. The van der Waals surface area contributed by atoms with Crippen LogP contribution in [0.1, 0.15) is 23.1 Å². The molecule has 1 fully saturated rings. The van der Waals surface area contributed by atoms with E-state index in [-0.39, 0.29) is 18.9 Å². The van der Waals surface area contributed by atoms with Crippen molar-refractivity contribution in [3.8, 4) is 0 Å². The number of carbonyl (C=O) groups excluding carboxylic acids is 3. The smallest absolute Gasteiger partial charge is 0.311 e. The number of anilines is 2. The summed E-state index contributed by atoms with van der Waals surface area (Å²) in [4.78, 5) is 38.6. The molecule has 0 unspecified atom stereocenters. The predicted molar refractivity (Wildman–Crippen MR) is 112 cm³/mol. The Morgan fingerprint density at radius 3 is 2.52 bits per heavy atom. The SMILES string of the molecule is Cc1ccc(Cl)cc1NC(=O)COC(=O)[C@@H]1CC(=O)N(c2c(C)cccc2C)C1. The number of carbonyl (C=O) groups is 3. The van der Waals surface area contributed by atoms with Gasteiger partial charge < -0.3 is 15.0 Å². The van der Waals surface area contributed by atoms with E-state index in [0.717, 1.165) is 22.4 Å². The molecular weight excluding hydrogens is 392 g/mol. The van der Waals surface area contributed by atoms with Gasteiger partial charge in [0.1, 0.15) is 0 Å². The van der Waals surface area contributed by atoms with Crippen molar-refractivity contribution in [1.82, 2.24) is 0 Å². The zero-order valence-electron chi connectivity index (χ0n) is 16.6. The fourth-order valence-corrected chi connectivity index (χ4v) is 3.65. The molecule has 1 N–H and O–H groups in total. The molecule has 1 atom stereocenters. The van der Waals surface area contributed by atoms with Crippen LogP contribution in [0.4, 0.5) is 11.4 Å². The Kier molecular flexibility index (Phi) is 6.23. The molecule has 0 bridgehead atoms. The van der Waals surface area contributed by atoms with Crippen LogP contribution in [0.25, 0.3) is 0 Å². The molecule has 0 saturated carbocycles. The Balaban J connectivity index is 1.58. The van der Waals surface area contributed by atoms with E-state index in [2.05, 4.69) is 5.32 Å². The highest BCUT2D eigenvalue weighted by Crippen LogP contribution is 2.31. The molecule has 1 aliphatic heterocycles. The van der Waals surface area contributed by atoms with Gasteiger partial charge in [0.05, 0.1) is 5.92 Å². The summed E-state index contributed by atoms with van der Waals surface area (Å²) in [6, 6.07) is 10.9. The predicted octanol–water partition coefficient (Wildman–Crippen LogP) is 3.80. The minimum Gasteiger partial charge on any atom is -0.455 e. The second kappa shape index (κ2) is 8.66. The first-order valence-electron chi connectivity index (χ1n) is 9.35. The van der Waals surface area contributed by atoms with Crippen LogP contribution in [0, 0.1) is 26.7 Å². The molecule has 6 nitrogen and oxygen atoms in total. The molecule has 0 radical (unpaired) electrons. The van der Waals surface area contributed by atoms with Crippen molar-refractivity contribution in [2.24, 2.45) is 5.92 Å². The average molecular weight is 415 g/mol. The summed E-state index contributed by atoms with van der Waals surface area (Å²) in [6.07, 6.45) is 0.0711. The second-order valence-corrected chi connectivity index (χ2v) is 7.70. The third-order valence-electron chi connectivity index (χ3n) is 4.99. The van der Waals surface area contributed by atoms with Gasteiger partial charge in [-0.3, -0.25) is 14.4 Å². The van der Waals surface area contributed by atoms with Crippen LogP contribution in [0.15, 0.2) is 36.4 Å². The normalized spacial score (nSPS) is 16.1. The summed E-state index contributed by atoms with van der Waals surface area (Å²) in [7, 11) is 0. The quantitative estimate of drug-likeness (QED) is 0.755. The average Bonchev–Trinajstić information content (AvgIpc) is 3.04. The summed E-state index contributed by atoms with van der Waals surface area (Å²) in [5.74, 6) is -1.73. The highest BCUT2D eigenvalue weighted by molar-refractivity contribution is 6.31. The molecule has 1 heterocycles. The monoisotopic (exact) mass is 414 g/mol. The first-order valence-corrected chi connectivity index (χ1v) is 9.73. The van der Waals surface area contributed by atoms with Crippen LogP contribution in [-0.4, -0.2) is 30.9 Å². The first-order chi connectivity index (χ1) is 13.8. The van der Waals surface area contributed by atoms with E-state index < -0.39 is 24.4 Å². The number of hydrogen-bond acceptors (Lipinski definition) is 4. The molecule has 2 aromatic carbocycles. The maximum atomic E-state index is 12.5. The number of para-hydroxylation sites is 1. The number of rotatable bonds is 5. The topological polar surface area (TPSA) is 75.7 Å². The van der Waals surface area contributed by atoms with Gasteiger partial charge >= 0.3 is 5.97 Å². The lowest BCUT2D eigenvalue weighted by atomic mass is 10.1. The van der Waals surface area contributed by atoms with Crippen molar-refractivity contribution < 1.29 is 19.1 Å². The lowest BCUT2D eigenvalue weighted by molar-refractivity contribution is -0.151. The number of benzene rings is 2. The Hall–Kier alpha value is -2.86. The van der Waals surface area contributed by atoms with Crippen molar-refractivity contribution in [2.75, 3.05) is 23.4 Å². The third-order valence-corrected chi connectivity index (χ3v) is 5.22. The van der Waals surface area contributed by atoms with Crippen LogP contribution < -0.4 is 10.2 Å². The molecule has 152 valence electrons. The van der Waals surface area contributed by atoms with E-state index in [1.54, 1.807) is 23.1 Å². The number of amides is 2. The van der Waals surface area contributed by atoms with E-state index >= 15 is 0 Å². The number of nitrogens with zero attached hydrogens (tertiary/aromatic N) is 1. The minimum atomic E-state index is -0.595. The molecule has 0 aromatic heterocycles. The number of aryl methyl sites for hydroxylation is 3. The molecule has 3 rings (SSSR count). The number of esters is 1. The molecule has 29 heavy (non-hydrogen) atoms. The van der Waals surface area contributed by atoms with Gasteiger partial charge in [0.15, 0.2) is 6.61 Å². The van der Waals surface area contributed by atoms with Gasteiger partial charge in [-0.15, -0.1) is 0 Å². The minimum absolute atomic E-state index is 0.0711. The number of hydrogen-bond donors (Lipinski definition) is 1. The lowest BCUT2D eigenvalue weighted by Gasteiger charge is -2.21. The van der Waals surface area contributed by atoms with Crippen molar-refractivity contribution >= 4 is 40.8 Å². The van der Waals surface area contributed by atoms with E-state index in [1.165, 1.54) is 0 Å². The molecule has 0 spiro atoms. The van der Waals surface area contributed by atoms with Gasteiger partial charge in [-0.2, -0.15) is 0 Å². The van der Waals surface area contributed by atoms with Crippen molar-refractivity contribution in [3.63, 3.8) is 0 Å². The van der Waals surface area contributed by atoms with Crippen LogP contribution in [-0.2, 0) is 19.1 Å². The zero-order chi connectivity index (χ0) is 21.1. The van der Waals surface area contributed by atoms with Crippen LogP contribution in [0.3, 0.4) is 0 Å². The third kappa shape index (κ3) is 4.77. The van der Waals surface area contributed by atoms with Gasteiger partial charge in [0.25, 0.3) is 5.91 Å². The summed E-state index contributed by atoms with van der Waals surface area (Å²) in [6.45, 7) is 5.54. The highest BCUT2D eigenvalue weighted by Gasteiger charge is 2.37. The fraction of sp³-hybridized carbons (Fsp3) is 0.318. The highest BCUT2D eigenvalue weighted by atomic mass is 35.5. The summed E-state index contributed by atoms with van der Waals surface area (Å²) >= 11 is 5.94. The summed E-state index contributed by atoms with van der Waals surface area (Å²) in [5, 5.41) is 3.18. The van der Waals surface area contributed by atoms with Gasteiger partial charge in [-0.1, -0.05) is 35.9 Å². The van der Waals surface area contributed by atoms with Crippen LogP contribution in [0.2, 0.25) is 5.02 Å². The number of halogens is 1. The Morgan fingerprint density at radius 2 is 1.83 bits per heavy atom. The second-order valence-electron chi connectivity index (χ2n) is 7.26. The molecule has 1 saturated heterocycles. The van der Waals surface area contributed by atoms with Crippen molar-refractivity contribution in [1.29, 1.82) is 0 Å². The first kappa shape index (κ1) is 20.9. The van der Waals surface area contributed by atoms with Crippen LogP contribution in [0.5, 0.6) is 0 Å². The molecule has 7 heteroatoms. The Bertz CT molecular complexity index is 953. The van der Waals surface area contributed by atoms with Gasteiger partial charge in [-0.25, -0.2) is 0 Å². The zero-order valence-corrected chi connectivity index (χ0v) is 17.4. The van der Waals surface area contributed by atoms with E-state index in [9.17, 15) is 14.4 Å². The maximum absolute atomic E-state index is 12.5. The van der Waals surface area contributed by atoms with Gasteiger partial charge in [-0.05, 0) is 49.6 Å². The van der Waals surface area contributed by atoms with E-state index in [4.69, 9.17) is 16.3 Å². The van der Waals surface area contributed by atoms with Crippen molar-refractivity contribution in [2.45, 2.75) is 27.2 Å². The van der Waals surface area contributed by atoms with Gasteiger partial charge in [0, 0.05) is 29.4 Å². The molecule has 1 aliphatic rings. The molecular formula is C22H23ClN2O4. The lowest BCUT2D eigenvalue weighted by Crippen LogP contribution is -2.29. The summed E-state index contributed by atoms with van der Waals surface area (Å²) in [5.41, 5.74) is 4.20. The molecule has 2 aromatic rings. The maximum Gasteiger partial charge on any atom is 0.311 e. The Morgan fingerprint density at radius 1 is 1.14 bits per heavy atom. The van der Waals surface area contributed by atoms with E-state index in [0.29, 0.717) is 10.7 Å². The Labute approximate surface area is 174 Å². The summed E-state index contributed by atoms with van der Waals surface area (Å²) < 4.78 is 5.16. The van der Waals surface area contributed by atoms with Crippen LogP contribution >= 0.6 is 11.6 Å². The van der Waals surface area contributed by atoms with Crippen molar-refractivity contribution in [3.05, 3.63) is 58.1 Å². The van der Waals surface area contributed by atoms with Gasteiger partial charge in [0.2, 0.25) is 5.91 Å². The largest absolute Gasteiger partial charge is 0.455 e.